The molecule has 80 valence electrons. The van der Waals surface area contributed by atoms with Gasteiger partial charge in [0.2, 0.25) is 0 Å². The Morgan fingerprint density at radius 2 is 2.15 bits per heavy atom. The van der Waals surface area contributed by atoms with Crippen LogP contribution < -0.4 is 11.1 Å². The van der Waals surface area contributed by atoms with Crippen molar-refractivity contribution >= 4 is 0 Å². The fourth-order valence-corrected chi connectivity index (χ4v) is 1.32. The van der Waals surface area contributed by atoms with Crippen molar-refractivity contribution in [2.75, 3.05) is 33.4 Å². The SMILES string of the molecule is CCOC1(CC)CNCCO1.CN. The van der Waals surface area contributed by atoms with Gasteiger partial charge in [0.05, 0.1) is 6.61 Å². The molecule has 1 aliphatic heterocycles. The minimum Gasteiger partial charge on any atom is -0.349 e. The molecule has 0 saturated carbocycles. The Morgan fingerprint density at radius 3 is 2.54 bits per heavy atom. The first-order valence-corrected chi connectivity index (χ1v) is 4.89. The van der Waals surface area contributed by atoms with Gasteiger partial charge in [0.25, 0.3) is 0 Å². The minimum atomic E-state index is -0.340. The van der Waals surface area contributed by atoms with Gasteiger partial charge >= 0.3 is 0 Å². The van der Waals surface area contributed by atoms with E-state index in [0.29, 0.717) is 0 Å². The van der Waals surface area contributed by atoms with Crippen molar-refractivity contribution in [1.29, 1.82) is 0 Å². The van der Waals surface area contributed by atoms with E-state index in [1.807, 2.05) is 6.92 Å². The van der Waals surface area contributed by atoms with E-state index < -0.39 is 0 Å². The maximum absolute atomic E-state index is 5.57. The van der Waals surface area contributed by atoms with Crippen LogP contribution in [0.15, 0.2) is 0 Å². The Balaban J connectivity index is 0.000000671. The molecule has 0 aromatic heterocycles. The van der Waals surface area contributed by atoms with Crippen molar-refractivity contribution in [3.63, 3.8) is 0 Å². The molecule has 0 aromatic carbocycles. The van der Waals surface area contributed by atoms with Crippen LogP contribution in [-0.4, -0.2) is 39.1 Å². The average molecular weight is 190 g/mol. The maximum Gasteiger partial charge on any atom is 0.180 e. The third kappa shape index (κ3) is 4.04. The van der Waals surface area contributed by atoms with Gasteiger partial charge < -0.3 is 20.5 Å². The number of nitrogens with one attached hydrogen (secondary N) is 1. The largest absolute Gasteiger partial charge is 0.349 e. The molecule has 1 saturated heterocycles. The van der Waals surface area contributed by atoms with E-state index in [0.717, 1.165) is 32.7 Å². The Labute approximate surface area is 80.8 Å². The number of hydrogen-bond donors (Lipinski definition) is 2. The molecule has 0 amide bonds. The molecule has 1 fully saturated rings. The average Bonchev–Trinajstić information content (AvgIpc) is 2.23. The molecule has 0 radical (unpaired) electrons. The summed E-state index contributed by atoms with van der Waals surface area (Å²) in [4.78, 5) is 0. The summed E-state index contributed by atoms with van der Waals surface area (Å²) >= 11 is 0. The van der Waals surface area contributed by atoms with Crippen LogP contribution in [-0.2, 0) is 9.47 Å². The number of ether oxygens (including phenoxy) is 2. The molecule has 0 bridgehead atoms. The van der Waals surface area contributed by atoms with Gasteiger partial charge in [-0.25, -0.2) is 0 Å². The lowest BCUT2D eigenvalue weighted by atomic mass is 10.2. The normalized spacial score (nSPS) is 27.7. The zero-order valence-electron chi connectivity index (χ0n) is 8.93. The second-order valence-electron chi connectivity index (χ2n) is 2.72. The van der Waals surface area contributed by atoms with Crippen molar-refractivity contribution in [1.82, 2.24) is 5.32 Å². The van der Waals surface area contributed by atoms with Gasteiger partial charge in [0.1, 0.15) is 0 Å². The molecular weight excluding hydrogens is 168 g/mol. The van der Waals surface area contributed by atoms with Crippen LogP contribution in [0.5, 0.6) is 0 Å². The van der Waals surface area contributed by atoms with Crippen LogP contribution in [0.4, 0.5) is 0 Å². The number of rotatable bonds is 3. The number of morpholine rings is 1. The first-order valence-electron chi connectivity index (χ1n) is 4.89. The lowest BCUT2D eigenvalue weighted by Crippen LogP contribution is -2.51. The van der Waals surface area contributed by atoms with Gasteiger partial charge in [0, 0.05) is 19.7 Å². The molecule has 1 atom stereocenters. The topological polar surface area (TPSA) is 56.5 Å². The Morgan fingerprint density at radius 1 is 1.46 bits per heavy atom. The van der Waals surface area contributed by atoms with Crippen LogP contribution in [0.25, 0.3) is 0 Å². The van der Waals surface area contributed by atoms with Crippen molar-refractivity contribution < 1.29 is 9.47 Å². The van der Waals surface area contributed by atoms with E-state index in [1.165, 1.54) is 7.05 Å². The Hall–Kier alpha value is -0.160. The van der Waals surface area contributed by atoms with E-state index in [-0.39, 0.29) is 5.79 Å². The summed E-state index contributed by atoms with van der Waals surface area (Å²) in [5.74, 6) is -0.340. The summed E-state index contributed by atoms with van der Waals surface area (Å²) in [7, 11) is 1.50. The van der Waals surface area contributed by atoms with Crippen molar-refractivity contribution in [2.45, 2.75) is 26.1 Å². The Bertz CT molecular complexity index is 109. The maximum atomic E-state index is 5.57. The highest BCUT2D eigenvalue weighted by Crippen LogP contribution is 2.18. The van der Waals surface area contributed by atoms with E-state index >= 15 is 0 Å². The molecule has 1 unspecified atom stereocenters. The summed E-state index contributed by atoms with van der Waals surface area (Å²) in [5, 5.41) is 3.26. The molecule has 1 rings (SSSR count). The highest BCUT2D eigenvalue weighted by Gasteiger charge is 2.31. The van der Waals surface area contributed by atoms with E-state index in [4.69, 9.17) is 9.47 Å². The van der Waals surface area contributed by atoms with Crippen LogP contribution >= 0.6 is 0 Å². The fourth-order valence-electron chi connectivity index (χ4n) is 1.32. The standard InChI is InChI=1S/C8H17NO2.CH5N/c1-3-8(10-4-2)7-9-5-6-11-8;1-2/h9H,3-7H2,1-2H3;2H2,1H3. The molecule has 4 heteroatoms. The molecule has 0 aliphatic carbocycles. The predicted octanol–water partition coefficient (Wildman–Crippen LogP) is 0.324. The first-order chi connectivity index (χ1) is 6.33. The quantitative estimate of drug-likeness (QED) is 0.673. The van der Waals surface area contributed by atoms with Crippen molar-refractivity contribution in [3.8, 4) is 0 Å². The van der Waals surface area contributed by atoms with E-state index in [1.54, 1.807) is 0 Å². The van der Waals surface area contributed by atoms with E-state index in [9.17, 15) is 0 Å². The van der Waals surface area contributed by atoms with Gasteiger partial charge in [-0.1, -0.05) is 6.92 Å². The molecular formula is C9H22N2O2. The van der Waals surface area contributed by atoms with Gasteiger partial charge in [-0.2, -0.15) is 0 Å². The van der Waals surface area contributed by atoms with Gasteiger partial charge in [-0.15, -0.1) is 0 Å². The zero-order valence-corrected chi connectivity index (χ0v) is 8.93. The third-order valence-electron chi connectivity index (χ3n) is 1.98. The predicted molar refractivity (Wildman–Crippen MR) is 53.6 cm³/mol. The number of nitrogens with two attached hydrogens (primary N) is 1. The molecule has 0 spiro atoms. The van der Waals surface area contributed by atoms with Crippen LogP contribution in [0, 0.1) is 0 Å². The first kappa shape index (κ1) is 12.8. The third-order valence-corrected chi connectivity index (χ3v) is 1.98. The summed E-state index contributed by atoms with van der Waals surface area (Å²) in [6.45, 7) is 7.31. The second kappa shape index (κ2) is 7.26. The lowest BCUT2D eigenvalue weighted by Gasteiger charge is -2.36. The molecule has 1 aliphatic rings. The molecule has 0 aromatic rings. The monoisotopic (exact) mass is 190 g/mol. The van der Waals surface area contributed by atoms with Crippen molar-refractivity contribution in [3.05, 3.63) is 0 Å². The lowest BCUT2D eigenvalue weighted by molar-refractivity contribution is -0.245. The van der Waals surface area contributed by atoms with Crippen molar-refractivity contribution in [2.24, 2.45) is 5.73 Å². The van der Waals surface area contributed by atoms with Gasteiger partial charge in [0.15, 0.2) is 5.79 Å². The minimum absolute atomic E-state index is 0.340. The molecule has 4 nitrogen and oxygen atoms in total. The van der Waals surface area contributed by atoms with E-state index in [2.05, 4.69) is 18.0 Å². The highest BCUT2D eigenvalue weighted by molar-refractivity contribution is 4.75. The molecule has 3 N–H and O–H groups in total. The van der Waals surface area contributed by atoms with Gasteiger partial charge in [-0.05, 0) is 20.4 Å². The highest BCUT2D eigenvalue weighted by atomic mass is 16.7. The van der Waals surface area contributed by atoms with Crippen LogP contribution in [0.1, 0.15) is 20.3 Å². The summed E-state index contributed by atoms with van der Waals surface area (Å²) < 4.78 is 11.1. The summed E-state index contributed by atoms with van der Waals surface area (Å²) in [6, 6.07) is 0. The van der Waals surface area contributed by atoms with Crippen LogP contribution in [0.3, 0.4) is 0 Å². The fraction of sp³-hybridized carbons (Fsp3) is 1.00. The second-order valence-corrected chi connectivity index (χ2v) is 2.72. The summed E-state index contributed by atoms with van der Waals surface area (Å²) in [5.41, 5.74) is 4.50. The Kier molecular flexibility index (Phi) is 7.17. The zero-order chi connectivity index (χ0) is 10.2. The summed E-state index contributed by atoms with van der Waals surface area (Å²) in [6.07, 6.45) is 0.911. The number of hydrogen-bond acceptors (Lipinski definition) is 4. The molecule has 13 heavy (non-hydrogen) atoms. The molecule has 1 heterocycles. The van der Waals surface area contributed by atoms with Crippen LogP contribution in [0.2, 0.25) is 0 Å². The van der Waals surface area contributed by atoms with Gasteiger partial charge in [-0.3, -0.25) is 0 Å². The smallest absolute Gasteiger partial charge is 0.180 e.